The van der Waals surface area contributed by atoms with Gasteiger partial charge in [-0.3, -0.25) is 9.10 Å². The van der Waals surface area contributed by atoms with Crippen molar-refractivity contribution < 1.29 is 13.2 Å². The zero-order chi connectivity index (χ0) is 24.2. The van der Waals surface area contributed by atoms with Crippen LogP contribution in [0.5, 0.6) is 0 Å². The van der Waals surface area contributed by atoms with Crippen molar-refractivity contribution in [3.05, 3.63) is 98.5 Å². The molecule has 0 spiro atoms. The summed E-state index contributed by atoms with van der Waals surface area (Å²) in [6, 6.07) is 17.2. The molecule has 0 saturated heterocycles. The zero-order valence-electron chi connectivity index (χ0n) is 18.3. The SMILES string of the molecule is Cc1ccc(N(Cc2ccc(C(=O)N/N=C/c3c(Cl)cccc3Cl)cc2)S(C)(=O)=O)cc1C. The summed E-state index contributed by atoms with van der Waals surface area (Å²) in [5, 5.41) is 4.76. The van der Waals surface area contributed by atoms with E-state index in [2.05, 4.69) is 10.5 Å². The molecule has 0 unspecified atom stereocenters. The second-order valence-electron chi connectivity index (χ2n) is 7.57. The van der Waals surface area contributed by atoms with Crippen molar-refractivity contribution in [3.63, 3.8) is 0 Å². The predicted octanol–water partition coefficient (Wildman–Crippen LogP) is 5.34. The third-order valence-electron chi connectivity index (χ3n) is 5.08. The van der Waals surface area contributed by atoms with E-state index in [0.717, 1.165) is 16.7 Å². The average Bonchev–Trinajstić information content (AvgIpc) is 2.75. The number of carbonyl (C=O) groups is 1. The Morgan fingerprint density at radius 2 is 1.64 bits per heavy atom. The molecule has 6 nitrogen and oxygen atoms in total. The number of benzene rings is 3. The Morgan fingerprint density at radius 3 is 2.21 bits per heavy atom. The topological polar surface area (TPSA) is 78.8 Å². The van der Waals surface area contributed by atoms with Crippen LogP contribution in [0.25, 0.3) is 0 Å². The van der Waals surface area contributed by atoms with Crippen LogP contribution in [-0.4, -0.2) is 26.8 Å². The fraction of sp³-hybridized carbons (Fsp3) is 0.167. The molecule has 33 heavy (non-hydrogen) atoms. The number of sulfonamides is 1. The molecule has 0 atom stereocenters. The van der Waals surface area contributed by atoms with Gasteiger partial charge in [-0.05, 0) is 66.9 Å². The lowest BCUT2D eigenvalue weighted by Crippen LogP contribution is -2.29. The minimum atomic E-state index is -3.50. The van der Waals surface area contributed by atoms with Crippen LogP contribution >= 0.6 is 23.2 Å². The zero-order valence-corrected chi connectivity index (χ0v) is 20.7. The molecular weight excluding hydrogens is 481 g/mol. The third-order valence-corrected chi connectivity index (χ3v) is 6.88. The van der Waals surface area contributed by atoms with Crippen molar-refractivity contribution in [3.8, 4) is 0 Å². The fourth-order valence-corrected chi connectivity index (χ4v) is 4.44. The summed E-state index contributed by atoms with van der Waals surface area (Å²) >= 11 is 12.2. The number of hydrazone groups is 1. The quantitative estimate of drug-likeness (QED) is 0.349. The number of nitrogens with zero attached hydrogens (tertiary/aromatic N) is 2. The molecule has 1 amide bonds. The normalized spacial score (nSPS) is 11.5. The van der Waals surface area contributed by atoms with E-state index in [9.17, 15) is 13.2 Å². The summed E-state index contributed by atoms with van der Waals surface area (Å²) in [5.74, 6) is -0.421. The van der Waals surface area contributed by atoms with Crippen LogP contribution in [0, 0.1) is 13.8 Å². The van der Waals surface area contributed by atoms with Crippen molar-refractivity contribution in [2.75, 3.05) is 10.6 Å². The Balaban J connectivity index is 1.72. The van der Waals surface area contributed by atoms with Crippen molar-refractivity contribution in [2.24, 2.45) is 5.10 Å². The molecule has 0 bridgehead atoms. The highest BCUT2D eigenvalue weighted by atomic mass is 35.5. The molecule has 0 aliphatic rings. The first kappa shape index (κ1) is 24.8. The van der Waals surface area contributed by atoms with Gasteiger partial charge in [-0.1, -0.05) is 47.5 Å². The van der Waals surface area contributed by atoms with E-state index < -0.39 is 15.9 Å². The number of anilines is 1. The first-order chi connectivity index (χ1) is 15.6. The van der Waals surface area contributed by atoms with Gasteiger partial charge in [0, 0.05) is 11.1 Å². The van der Waals surface area contributed by atoms with E-state index in [-0.39, 0.29) is 6.54 Å². The van der Waals surface area contributed by atoms with E-state index >= 15 is 0 Å². The lowest BCUT2D eigenvalue weighted by atomic mass is 10.1. The van der Waals surface area contributed by atoms with E-state index in [0.29, 0.717) is 26.9 Å². The van der Waals surface area contributed by atoms with E-state index in [4.69, 9.17) is 23.2 Å². The molecule has 0 aliphatic heterocycles. The van der Waals surface area contributed by atoms with Crippen LogP contribution in [0.1, 0.15) is 32.6 Å². The van der Waals surface area contributed by atoms with Gasteiger partial charge in [0.05, 0.1) is 34.7 Å². The van der Waals surface area contributed by atoms with Gasteiger partial charge >= 0.3 is 0 Å². The van der Waals surface area contributed by atoms with Crippen molar-refractivity contribution >= 4 is 51.0 Å². The van der Waals surface area contributed by atoms with Crippen LogP contribution in [0.4, 0.5) is 5.69 Å². The summed E-state index contributed by atoms with van der Waals surface area (Å²) in [6.07, 6.45) is 2.55. The van der Waals surface area contributed by atoms with Gasteiger partial charge < -0.3 is 0 Å². The third kappa shape index (κ3) is 6.35. The monoisotopic (exact) mass is 503 g/mol. The van der Waals surface area contributed by atoms with Gasteiger partial charge in [-0.2, -0.15) is 5.10 Å². The van der Waals surface area contributed by atoms with Gasteiger partial charge in [-0.15, -0.1) is 0 Å². The molecule has 0 aliphatic carbocycles. The van der Waals surface area contributed by atoms with E-state index in [1.165, 1.54) is 16.8 Å². The molecule has 0 saturated carbocycles. The first-order valence-corrected chi connectivity index (χ1v) is 12.6. The molecule has 3 aromatic carbocycles. The Hall–Kier alpha value is -2.87. The molecule has 0 fully saturated rings. The summed E-state index contributed by atoms with van der Waals surface area (Å²) in [7, 11) is -3.50. The average molecular weight is 504 g/mol. The maximum atomic E-state index is 12.4. The lowest BCUT2D eigenvalue weighted by Gasteiger charge is -2.23. The standard InChI is InChI=1S/C24H23Cl2N3O3S/c1-16-7-12-20(13-17(16)2)29(33(3,31)32)15-18-8-10-19(11-9-18)24(30)28-27-14-21-22(25)5-4-6-23(21)26/h4-14H,15H2,1-3H3,(H,28,30)/b27-14+. The summed E-state index contributed by atoms with van der Waals surface area (Å²) < 4.78 is 26.2. The van der Waals surface area contributed by atoms with Crippen LogP contribution < -0.4 is 9.73 Å². The molecule has 3 aromatic rings. The highest BCUT2D eigenvalue weighted by Crippen LogP contribution is 2.24. The Labute approximate surface area is 203 Å². The van der Waals surface area contributed by atoms with Gasteiger partial charge in [0.2, 0.25) is 10.0 Å². The van der Waals surface area contributed by atoms with Gasteiger partial charge in [-0.25, -0.2) is 13.8 Å². The van der Waals surface area contributed by atoms with Crippen molar-refractivity contribution in [1.29, 1.82) is 0 Å². The molecule has 0 radical (unpaired) electrons. The van der Waals surface area contributed by atoms with E-state index in [1.54, 1.807) is 48.5 Å². The molecular formula is C24H23Cl2N3O3S. The number of hydrogen-bond acceptors (Lipinski definition) is 4. The lowest BCUT2D eigenvalue weighted by molar-refractivity contribution is 0.0955. The van der Waals surface area contributed by atoms with Crippen LogP contribution in [0.3, 0.4) is 0 Å². The second kappa shape index (κ2) is 10.4. The Bertz CT molecular complexity index is 1290. The van der Waals surface area contributed by atoms with Crippen molar-refractivity contribution in [2.45, 2.75) is 20.4 Å². The Morgan fingerprint density at radius 1 is 1.00 bits per heavy atom. The summed E-state index contributed by atoms with van der Waals surface area (Å²) in [5.41, 5.74) is 6.73. The number of amides is 1. The summed E-state index contributed by atoms with van der Waals surface area (Å²) in [6.45, 7) is 4.06. The molecule has 3 rings (SSSR count). The molecule has 0 heterocycles. The second-order valence-corrected chi connectivity index (χ2v) is 10.3. The van der Waals surface area contributed by atoms with Gasteiger partial charge in [0.1, 0.15) is 0 Å². The largest absolute Gasteiger partial charge is 0.271 e. The van der Waals surface area contributed by atoms with Crippen LogP contribution in [-0.2, 0) is 16.6 Å². The van der Waals surface area contributed by atoms with Crippen molar-refractivity contribution in [1.82, 2.24) is 5.43 Å². The molecule has 1 N–H and O–H groups in total. The highest BCUT2D eigenvalue weighted by molar-refractivity contribution is 7.92. The molecule has 9 heteroatoms. The molecule has 0 aromatic heterocycles. The van der Waals surface area contributed by atoms with Gasteiger partial charge in [0.25, 0.3) is 5.91 Å². The maximum Gasteiger partial charge on any atom is 0.271 e. The number of aryl methyl sites for hydroxylation is 2. The van der Waals surface area contributed by atoms with Gasteiger partial charge in [0.15, 0.2) is 0 Å². The van der Waals surface area contributed by atoms with Crippen LogP contribution in [0.15, 0.2) is 65.8 Å². The minimum Gasteiger partial charge on any atom is -0.267 e. The Kier molecular flexibility index (Phi) is 7.79. The number of rotatable bonds is 7. The fourth-order valence-electron chi connectivity index (χ4n) is 3.06. The highest BCUT2D eigenvalue weighted by Gasteiger charge is 2.18. The summed E-state index contributed by atoms with van der Waals surface area (Å²) in [4.78, 5) is 12.4. The van der Waals surface area contributed by atoms with Crippen LogP contribution in [0.2, 0.25) is 10.0 Å². The number of hydrogen-bond donors (Lipinski definition) is 1. The smallest absolute Gasteiger partial charge is 0.267 e. The first-order valence-electron chi connectivity index (χ1n) is 9.97. The number of nitrogens with one attached hydrogen (secondary N) is 1. The van der Waals surface area contributed by atoms with E-state index in [1.807, 2.05) is 26.0 Å². The number of halogens is 2. The number of carbonyl (C=O) groups excluding carboxylic acids is 1. The maximum absolute atomic E-state index is 12.4. The minimum absolute atomic E-state index is 0.145. The molecule has 172 valence electrons. The predicted molar refractivity (Wildman–Crippen MR) is 135 cm³/mol.